The lowest BCUT2D eigenvalue weighted by Gasteiger charge is -2.45. The topological polar surface area (TPSA) is 80.3 Å². The molecular weight excluding hydrogens is 344 g/mol. The summed E-state index contributed by atoms with van der Waals surface area (Å²) in [4.78, 5) is 24.1. The Morgan fingerprint density at radius 1 is 1.20 bits per heavy atom. The maximum Gasteiger partial charge on any atom is 0.550 e. The van der Waals surface area contributed by atoms with Gasteiger partial charge in [0, 0.05) is 33.0 Å². The SMILES string of the molecule is C=CC(=O)OC(C)C(CCCC)(OC(=O)C(=C)C)[Si](OC)(OC)OC. The van der Waals surface area contributed by atoms with Crippen molar-refractivity contribution in [1.82, 2.24) is 0 Å². The molecule has 0 aliphatic heterocycles. The third kappa shape index (κ3) is 5.24. The van der Waals surface area contributed by atoms with Crippen LogP contribution in [0.2, 0.25) is 0 Å². The molecule has 2 unspecified atom stereocenters. The Bertz CT molecular complexity index is 479. The van der Waals surface area contributed by atoms with Gasteiger partial charge in [0.15, 0.2) is 0 Å². The first-order chi connectivity index (χ1) is 11.7. The average molecular weight is 375 g/mol. The molecule has 7 nitrogen and oxygen atoms in total. The van der Waals surface area contributed by atoms with E-state index in [0.717, 1.165) is 12.5 Å². The molecule has 2 atom stereocenters. The molecule has 0 aromatic rings. The van der Waals surface area contributed by atoms with Gasteiger partial charge >= 0.3 is 20.7 Å². The second-order valence-corrected chi connectivity index (χ2v) is 8.80. The van der Waals surface area contributed by atoms with E-state index in [-0.39, 0.29) is 5.57 Å². The Labute approximate surface area is 151 Å². The lowest BCUT2D eigenvalue weighted by Crippen LogP contribution is -2.70. The van der Waals surface area contributed by atoms with Crippen LogP contribution in [0.3, 0.4) is 0 Å². The number of esters is 2. The highest BCUT2D eigenvalue weighted by molar-refractivity contribution is 6.64. The lowest BCUT2D eigenvalue weighted by atomic mass is 10.1. The number of ether oxygens (including phenoxy) is 2. The fourth-order valence-electron chi connectivity index (χ4n) is 2.58. The summed E-state index contributed by atoms with van der Waals surface area (Å²) in [6.07, 6.45) is 1.97. The van der Waals surface area contributed by atoms with Crippen molar-refractivity contribution in [3.63, 3.8) is 0 Å². The van der Waals surface area contributed by atoms with Crippen molar-refractivity contribution in [2.75, 3.05) is 21.3 Å². The van der Waals surface area contributed by atoms with Crippen LogP contribution in [0.5, 0.6) is 0 Å². The summed E-state index contributed by atoms with van der Waals surface area (Å²) in [6.45, 7) is 12.1. The first-order valence-electron chi connectivity index (χ1n) is 8.07. The molecule has 25 heavy (non-hydrogen) atoms. The molecule has 0 fully saturated rings. The Balaban J connectivity index is 6.28. The molecule has 8 heteroatoms. The van der Waals surface area contributed by atoms with Gasteiger partial charge in [0.2, 0.25) is 5.22 Å². The van der Waals surface area contributed by atoms with E-state index in [1.807, 2.05) is 6.92 Å². The normalized spacial score (nSPS) is 15.0. The van der Waals surface area contributed by atoms with Crippen LogP contribution in [0.25, 0.3) is 0 Å². The van der Waals surface area contributed by atoms with Crippen LogP contribution in [-0.2, 0) is 32.3 Å². The molecule has 0 aliphatic rings. The molecule has 0 spiro atoms. The molecule has 0 aromatic carbocycles. The highest BCUT2D eigenvalue weighted by atomic mass is 28.4. The van der Waals surface area contributed by atoms with Crippen LogP contribution in [0.1, 0.15) is 40.0 Å². The number of carbonyl (C=O) groups excluding carboxylic acids is 2. The number of unbranched alkanes of at least 4 members (excludes halogenated alkanes) is 1. The fourth-order valence-corrected chi connectivity index (χ4v) is 5.37. The van der Waals surface area contributed by atoms with Crippen LogP contribution in [0, 0.1) is 0 Å². The van der Waals surface area contributed by atoms with Gasteiger partial charge in [-0.3, -0.25) is 0 Å². The van der Waals surface area contributed by atoms with Gasteiger partial charge in [0.05, 0.1) is 0 Å². The molecule has 0 N–H and O–H groups in total. The van der Waals surface area contributed by atoms with Crippen molar-refractivity contribution in [3.05, 3.63) is 24.8 Å². The van der Waals surface area contributed by atoms with Gasteiger partial charge in [0.1, 0.15) is 6.10 Å². The molecule has 144 valence electrons. The van der Waals surface area contributed by atoms with E-state index in [0.29, 0.717) is 12.8 Å². The van der Waals surface area contributed by atoms with Crippen LogP contribution in [0.15, 0.2) is 24.8 Å². The van der Waals surface area contributed by atoms with Crippen molar-refractivity contribution in [1.29, 1.82) is 0 Å². The number of carbonyl (C=O) groups is 2. The molecule has 0 rings (SSSR count). The Kier molecular flexibility index (Phi) is 9.87. The van der Waals surface area contributed by atoms with Gasteiger partial charge in [-0.1, -0.05) is 26.5 Å². The minimum atomic E-state index is -3.58. The van der Waals surface area contributed by atoms with E-state index in [4.69, 9.17) is 22.8 Å². The number of hydrogen-bond donors (Lipinski definition) is 0. The molecule has 0 saturated heterocycles. The molecular formula is C17H30O7Si. The summed E-state index contributed by atoms with van der Waals surface area (Å²) in [5.41, 5.74) is 0.203. The van der Waals surface area contributed by atoms with Gasteiger partial charge in [-0.05, 0) is 26.7 Å². The second-order valence-electron chi connectivity index (χ2n) is 5.61. The fraction of sp³-hybridized carbons (Fsp3) is 0.647. The van der Waals surface area contributed by atoms with Crippen molar-refractivity contribution >= 4 is 20.7 Å². The molecule has 0 aromatic heterocycles. The molecule has 0 amide bonds. The standard InChI is InChI=1S/C17H30O7Si/c1-9-11-12-17(24-16(19)13(3)4,14(5)23-15(18)10-2)25(20-6,21-7)22-8/h10,14H,2-3,9,11-12H2,1,4-8H3. The van der Waals surface area contributed by atoms with Crippen LogP contribution >= 0.6 is 0 Å². The van der Waals surface area contributed by atoms with Gasteiger partial charge < -0.3 is 22.8 Å². The zero-order valence-corrected chi connectivity index (χ0v) is 17.0. The highest BCUT2D eigenvalue weighted by Crippen LogP contribution is 2.37. The predicted molar refractivity (Wildman–Crippen MR) is 95.7 cm³/mol. The van der Waals surface area contributed by atoms with Crippen molar-refractivity contribution in [2.45, 2.75) is 51.4 Å². The summed E-state index contributed by atoms with van der Waals surface area (Å²) in [6, 6.07) is 0. The largest absolute Gasteiger partial charge is 0.550 e. The third-order valence-corrected chi connectivity index (χ3v) is 7.37. The van der Waals surface area contributed by atoms with Gasteiger partial charge in [-0.15, -0.1) is 0 Å². The zero-order valence-electron chi connectivity index (χ0n) is 16.0. The molecule has 0 bridgehead atoms. The predicted octanol–water partition coefficient (Wildman–Crippen LogP) is 2.57. The summed E-state index contributed by atoms with van der Waals surface area (Å²) >= 11 is 0. The summed E-state index contributed by atoms with van der Waals surface area (Å²) in [5, 5.41) is -1.42. The summed E-state index contributed by atoms with van der Waals surface area (Å²) in [7, 11) is 0.658. The number of hydrogen-bond acceptors (Lipinski definition) is 7. The van der Waals surface area contributed by atoms with Crippen molar-refractivity contribution < 1.29 is 32.3 Å². The number of rotatable bonds is 12. The third-order valence-electron chi connectivity index (χ3n) is 3.97. The van der Waals surface area contributed by atoms with Crippen molar-refractivity contribution in [3.8, 4) is 0 Å². The van der Waals surface area contributed by atoms with Crippen molar-refractivity contribution in [2.24, 2.45) is 0 Å². The average Bonchev–Trinajstić information content (AvgIpc) is 2.60. The second kappa shape index (κ2) is 10.5. The monoisotopic (exact) mass is 374 g/mol. The van der Waals surface area contributed by atoms with E-state index < -0.39 is 32.1 Å². The minimum Gasteiger partial charge on any atom is -0.455 e. The minimum absolute atomic E-state index is 0.203. The maximum absolute atomic E-state index is 12.3. The molecule has 0 aliphatic carbocycles. The smallest absolute Gasteiger partial charge is 0.455 e. The molecule has 0 heterocycles. The quantitative estimate of drug-likeness (QED) is 0.295. The summed E-state index contributed by atoms with van der Waals surface area (Å²) in [5.74, 6) is -1.29. The highest BCUT2D eigenvalue weighted by Gasteiger charge is 2.67. The van der Waals surface area contributed by atoms with Gasteiger partial charge in [0.25, 0.3) is 0 Å². The van der Waals surface area contributed by atoms with Crippen LogP contribution in [0.4, 0.5) is 0 Å². The van der Waals surface area contributed by atoms with E-state index in [2.05, 4.69) is 13.2 Å². The Morgan fingerprint density at radius 2 is 1.72 bits per heavy atom. The van der Waals surface area contributed by atoms with E-state index in [9.17, 15) is 9.59 Å². The van der Waals surface area contributed by atoms with E-state index in [1.54, 1.807) is 6.92 Å². The van der Waals surface area contributed by atoms with E-state index >= 15 is 0 Å². The molecule has 0 saturated carbocycles. The van der Waals surface area contributed by atoms with Gasteiger partial charge in [-0.25, -0.2) is 9.59 Å². The molecule has 0 radical (unpaired) electrons. The maximum atomic E-state index is 12.3. The first-order valence-corrected chi connectivity index (χ1v) is 9.80. The van der Waals surface area contributed by atoms with Crippen LogP contribution < -0.4 is 0 Å². The lowest BCUT2D eigenvalue weighted by molar-refractivity contribution is -0.177. The van der Waals surface area contributed by atoms with Crippen LogP contribution in [-0.4, -0.2) is 53.4 Å². The Hall–Kier alpha value is -1.48. The Morgan fingerprint density at radius 3 is 2.08 bits per heavy atom. The zero-order chi connectivity index (χ0) is 19.7. The first kappa shape index (κ1) is 23.5. The van der Waals surface area contributed by atoms with Gasteiger partial charge in [-0.2, -0.15) is 0 Å². The summed E-state index contributed by atoms with van der Waals surface area (Å²) < 4.78 is 27.9. The van der Waals surface area contributed by atoms with E-state index in [1.165, 1.54) is 28.3 Å².